The van der Waals surface area contributed by atoms with E-state index in [-0.39, 0.29) is 24.3 Å². The smallest absolute Gasteiger partial charge is 0.237 e. The van der Waals surface area contributed by atoms with Crippen molar-refractivity contribution in [3.63, 3.8) is 0 Å². The van der Waals surface area contributed by atoms with Crippen LogP contribution in [0.2, 0.25) is 0 Å². The minimum Gasteiger partial charge on any atom is -0.496 e. The summed E-state index contributed by atoms with van der Waals surface area (Å²) in [5.41, 5.74) is 0.986. The van der Waals surface area contributed by atoms with Crippen LogP contribution in [0.4, 0.5) is 0 Å². The second-order valence-corrected chi connectivity index (χ2v) is 8.09. The Morgan fingerprint density at radius 1 is 1.16 bits per heavy atom. The SMILES string of the molecule is COCCOC1CCN(C(=O)CC2C(=O)NCCN2C/C=C/c2ccccc2OC)CC1. The van der Waals surface area contributed by atoms with Crippen molar-refractivity contribution in [2.75, 3.05) is 60.2 Å². The van der Waals surface area contributed by atoms with Gasteiger partial charge < -0.3 is 24.4 Å². The summed E-state index contributed by atoms with van der Waals surface area (Å²) in [5, 5.41) is 2.91. The Morgan fingerprint density at radius 2 is 1.94 bits per heavy atom. The molecule has 3 rings (SSSR count). The molecule has 1 unspecified atom stereocenters. The highest BCUT2D eigenvalue weighted by Gasteiger charge is 2.33. The van der Waals surface area contributed by atoms with E-state index in [0.717, 1.165) is 30.7 Å². The molecule has 2 amide bonds. The van der Waals surface area contributed by atoms with Crippen molar-refractivity contribution in [3.05, 3.63) is 35.9 Å². The maximum atomic E-state index is 12.9. The van der Waals surface area contributed by atoms with Gasteiger partial charge in [-0.3, -0.25) is 14.5 Å². The molecule has 1 atom stereocenters. The Labute approximate surface area is 190 Å². The molecule has 0 aliphatic carbocycles. The molecule has 2 saturated heterocycles. The third-order valence-electron chi connectivity index (χ3n) is 6.02. The van der Waals surface area contributed by atoms with E-state index in [0.29, 0.717) is 39.4 Å². The number of carbonyl (C=O) groups is 2. The van der Waals surface area contributed by atoms with Gasteiger partial charge >= 0.3 is 0 Å². The maximum Gasteiger partial charge on any atom is 0.237 e. The van der Waals surface area contributed by atoms with Crippen molar-refractivity contribution >= 4 is 17.9 Å². The van der Waals surface area contributed by atoms with Crippen LogP contribution in [-0.4, -0.2) is 93.9 Å². The van der Waals surface area contributed by atoms with Crippen molar-refractivity contribution in [3.8, 4) is 5.75 Å². The van der Waals surface area contributed by atoms with Gasteiger partial charge in [-0.05, 0) is 18.9 Å². The molecule has 2 aliphatic rings. The summed E-state index contributed by atoms with van der Waals surface area (Å²) in [6.07, 6.45) is 6.03. The van der Waals surface area contributed by atoms with Gasteiger partial charge in [-0.1, -0.05) is 30.4 Å². The number of methoxy groups -OCH3 is 2. The molecule has 0 radical (unpaired) electrons. The number of carbonyl (C=O) groups excluding carboxylic acids is 2. The van der Waals surface area contributed by atoms with Crippen LogP contribution in [0.5, 0.6) is 5.75 Å². The fourth-order valence-electron chi connectivity index (χ4n) is 4.19. The third kappa shape index (κ3) is 6.79. The van der Waals surface area contributed by atoms with Crippen molar-refractivity contribution in [2.45, 2.75) is 31.4 Å². The first kappa shape index (κ1) is 24.2. The Morgan fingerprint density at radius 3 is 2.69 bits per heavy atom. The monoisotopic (exact) mass is 445 g/mol. The summed E-state index contributed by atoms with van der Waals surface area (Å²) >= 11 is 0. The van der Waals surface area contributed by atoms with Crippen molar-refractivity contribution in [1.82, 2.24) is 15.1 Å². The first-order valence-electron chi connectivity index (χ1n) is 11.3. The van der Waals surface area contributed by atoms with Crippen LogP contribution in [0, 0.1) is 0 Å². The van der Waals surface area contributed by atoms with E-state index in [1.54, 1.807) is 14.2 Å². The molecular weight excluding hydrogens is 410 g/mol. The zero-order valence-electron chi connectivity index (χ0n) is 19.1. The van der Waals surface area contributed by atoms with Crippen molar-refractivity contribution < 1.29 is 23.8 Å². The fourth-order valence-corrected chi connectivity index (χ4v) is 4.19. The Bertz CT molecular complexity index is 777. The number of para-hydroxylation sites is 1. The summed E-state index contributed by atoms with van der Waals surface area (Å²) in [7, 11) is 3.31. The van der Waals surface area contributed by atoms with E-state index in [1.807, 2.05) is 41.3 Å². The molecule has 2 fully saturated rings. The number of likely N-dealkylation sites (tertiary alicyclic amines) is 1. The summed E-state index contributed by atoms with van der Waals surface area (Å²) in [6, 6.07) is 7.35. The molecule has 2 aliphatic heterocycles. The standard InChI is InChI=1S/C24H35N3O5/c1-30-16-17-32-20-9-13-27(14-10-20)23(28)18-21-24(29)25-11-15-26(21)12-5-7-19-6-3-4-8-22(19)31-2/h3-8,20-21H,9-18H2,1-2H3,(H,25,29)/b7-5+. The number of hydrogen-bond acceptors (Lipinski definition) is 6. The van der Waals surface area contributed by atoms with Gasteiger partial charge in [-0.2, -0.15) is 0 Å². The zero-order chi connectivity index (χ0) is 22.8. The highest BCUT2D eigenvalue weighted by Crippen LogP contribution is 2.20. The van der Waals surface area contributed by atoms with Gasteiger partial charge in [0.05, 0.1) is 38.9 Å². The maximum absolute atomic E-state index is 12.9. The minimum absolute atomic E-state index is 0.0288. The van der Waals surface area contributed by atoms with Crippen LogP contribution in [0.1, 0.15) is 24.8 Å². The van der Waals surface area contributed by atoms with Gasteiger partial charge in [-0.15, -0.1) is 0 Å². The number of benzene rings is 1. The first-order chi connectivity index (χ1) is 15.6. The molecule has 1 N–H and O–H groups in total. The van der Waals surface area contributed by atoms with E-state index in [1.165, 1.54) is 0 Å². The molecule has 0 aromatic heterocycles. The van der Waals surface area contributed by atoms with E-state index in [4.69, 9.17) is 14.2 Å². The van der Waals surface area contributed by atoms with E-state index in [9.17, 15) is 9.59 Å². The number of rotatable bonds is 10. The van der Waals surface area contributed by atoms with E-state index < -0.39 is 6.04 Å². The van der Waals surface area contributed by atoms with Gasteiger partial charge in [0.2, 0.25) is 11.8 Å². The number of nitrogens with zero attached hydrogens (tertiary/aromatic N) is 2. The second-order valence-electron chi connectivity index (χ2n) is 8.09. The van der Waals surface area contributed by atoms with Crippen LogP contribution < -0.4 is 10.1 Å². The minimum atomic E-state index is -0.450. The molecule has 0 saturated carbocycles. The summed E-state index contributed by atoms with van der Waals surface area (Å²) in [6.45, 7) is 4.40. The molecule has 8 nitrogen and oxygen atoms in total. The lowest BCUT2D eigenvalue weighted by molar-refractivity contribution is -0.140. The third-order valence-corrected chi connectivity index (χ3v) is 6.02. The highest BCUT2D eigenvalue weighted by atomic mass is 16.5. The van der Waals surface area contributed by atoms with Crippen LogP contribution >= 0.6 is 0 Å². The average Bonchev–Trinajstić information content (AvgIpc) is 2.82. The van der Waals surface area contributed by atoms with E-state index >= 15 is 0 Å². The normalized spacial score (nSPS) is 20.5. The molecule has 0 spiro atoms. The molecule has 1 aromatic rings. The second kappa shape index (κ2) is 12.6. The fraction of sp³-hybridized carbons (Fsp3) is 0.583. The van der Waals surface area contributed by atoms with Crippen molar-refractivity contribution in [2.24, 2.45) is 0 Å². The Hall–Kier alpha value is -2.42. The first-order valence-corrected chi connectivity index (χ1v) is 11.3. The van der Waals surface area contributed by atoms with Gasteiger partial charge in [0.1, 0.15) is 5.75 Å². The lowest BCUT2D eigenvalue weighted by Crippen LogP contribution is -2.57. The Kier molecular flexibility index (Phi) is 9.52. The molecule has 0 bridgehead atoms. The number of nitrogens with one attached hydrogen (secondary N) is 1. The van der Waals surface area contributed by atoms with Crippen LogP contribution in [0.3, 0.4) is 0 Å². The number of amides is 2. The predicted molar refractivity (Wildman–Crippen MR) is 122 cm³/mol. The quantitative estimate of drug-likeness (QED) is 0.551. The van der Waals surface area contributed by atoms with Gasteiger partial charge in [-0.25, -0.2) is 0 Å². The molecule has 8 heteroatoms. The zero-order valence-corrected chi connectivity index (χ0v) is 19.1. The van der Waals surface area contributed by atoms with E-state index in [2.05, 4.69) is 10.2 Å². The lowest BCUT2D eigenvalue weighted by Gasteiger charge is -2.36. The van der Waals surface area contributed by atoms with Crippen LogP contribution in [0.25, 0.3) is 6.08 Å². The van der Waals surface area contributed by atoms with Gasteiger partial charge in [0.15, 0.2) is 0 Å². The molecular formula is C24H35N3O5. The van der Waals surface area contributed by atoms with Gasteiger partial charge in [0, 0.05) is 45.4 Å². The molecule has 176 valence electrons. The van der Waals surface area contributed by atoms with Gasteiger partial charge in [0.25, 0.3) is 0 Å². The lowest BCUT2D eigenvalue weighted by atomic mass is 10.0. The molecule has 1 aromatic carbocycles. The summed E-state index contributed by atoms with van der Waals surface area (Å²) in [4.78, 5) is 29.4. The number of piperazine rings is 1. The number of hydrogen-bond donors (Lipinski definition) is 1. The largest absolute Gasteiger partial charge is 0.496 e. The summed E-state index contributed by atoms with van der Waals surface area (Å²) < 4.78 is 16.2. The number of ether oxygens (including phenoxy) is 3. The summed E-state index contributed by atoms with van der Waals surface area (Å²) in [5.74, 6) is 0.760. The topological polar surface area (TPSA) is 80.3 Å². The van der Waals surface area contributed by atoms with Crippen LogP contribution in [0.15, 0.2) is 30.3 Å². The Balaban J connectivity index is 1.52. The highest BCUT2D eigenvalue weighted by molar-refractivity contribution is 5.89. The average molecular weight is 446 g/mol. The number of piperidine rings is 1. The van der Waals surface area contributed by atoms with Crippen molar-refractivity contribution in [1.29, 1.82) is 0 Å². The molecule has 2 heterocycles. The molecule has 32 heavy (non-hydrogen) atoms. The van der Waals surface area contributed by atoms with Crippen LogP contribution in [-0.2, 0) is 19.1 Å². The predicted octanol–water partition coefficient (Wildman–Crippen LogP) is 1.55.